The minimum atomic E-state index is -1.37. The van der Waals surface area contributed by atoms with Gasteiger partial charge in [-0.3, -0.25) is 24.0 Å². The lowest BCUT2D eigenvalue weighted by molar-refractivity contribution is -0.310. The summed E-state index contributed by atoms with van der Waals surface area (Å²) in [6.07, 6.45) is -4.99. The largest absolute Gasteiger partial charge is 0.463 e. The number of para-hydroxylation sites is 1. The van der Waals surface area contributed by atoms with Crippen molar-refractivity contribution >= 4 is 35.5 Å². The van der Waals surface area contributed by atoms with Gasteiger partial charge in [0, 0.05) is 59.6 Å². The number of ether oxygens (including phenoxy) is 6. The van der Waals surface area contributed by atoms with Crippen LogP contribution in [0.5, 0.6) is 0 Å². The summed E-state index contributed by atoms with van der Waals surface area (Å²) in [5, 5.41) is 8.08. The fraction of sp³-hybridized carbons (Fsp3) is 0.552. The molecule has 5 atom stereocenters. The Balaban J connectivity index is 1.40. The number of anilines is 1. The maximum absolute atomic E-state index is 13.0. The van der Waals surface area contributed by atoms with Crippen LogP contribution in [0.15, 0.2) is 36.5 Å². The number of hydrogen-bond acceptors (Lipinski definition) is 14. The van der Waals surface area contributed by atoms with Gasteiger partial charge in [0.05, 0.1) is 12.8 Å². The van der Waals surface area contributed by atoms with Crippen LogP contribution in [-0.4, -0.2) is 113 Å². The van der Waals surface area contributed by atoms with E-state index in [2.05, 4.69) is 15.2 Å². The summed E-state index contributed by atoms with van der Waals surface area (Å²) in [6, 6.07) is 10.0. The minimum Gasteiger partial charge on any atom is -0.463 e. The molecule has 1 aromatic carbocycles. The van der Waals surface area contributed by atoms with E-state index in [0.717, 1.165) is 26.5 Å². The molecule has 3 heterocycles. The van der Waals surface area contributed by atoms with Crippen molar-refractivity contribution in [1.82, 2.24) is 19.9 Å². The second-order valence-corrected chi connectivity index (χ2v) is 10.5. The van der Waals surface area contributed by atoms with Crippen LogP contribution < -0.4 is 4.90 Å². The van der Waals surface area contributed by atoms with Crippen LogP contribution in [0.3, 0.4) is 0 Å². The Morgan fingerprint density at radius 3 is 2.07 bits per heavy atom. The fourth-order valence-electron chi connectivity index (χ4n) is 5.06. The van der Waals surface area contributed by atoms with Gasteiger partial charge in [-0.2, -0.15) is 0 Å². The Labute approximate surface area is 259 Å². The molecule has 0 saturated carbocycles. The summed E-state index contributed by atoms with van der Waals surface area (Å²) in [5.74, 6) is -2.98. The molecule has 0 spiro atoms. The standard InChI is InChI=1S/C29H37N5O11/c1-18(35)40-17-24-26(42-19(2)36)27(43-20(3)37)28(44-21(4)38)29(45-24)41-16-22-14-34(31-30-22)15-25(39)33-12-10-32(11-13-33)23-8-6-5-7-9-23/h5-9,14,24,26-29H,10-13,15-17H2,1-4H3/t24-,26+,27+,28-,29-/m1/s1. The van der Waals surface area contributed by atoms with Crippen molar-refractivity contribution in [3.63, 3.8) is 0 Å². The van der Waals surface area contributed by atoms with E-state index >= 15 is 0 Å². The van der Waals surface area contributed by atoms with Gasteiger partial charge < -0.3 is 38.2 Å². The summed E-state index contributed by atoms with van der Waals surface area (Å²) in [5.41, 5.74) is 1.44. The van der Waals surface area contributed by atoms with Gasteiger partial charge in [0.2, 0.25) is 5.91 Å². The first-order valence-electron chi connectivity index (χ1n) is 14.4. The third-order valence-corrected chi connectivity index (χ3v) is 6.98. The van der Waals surface area contributed by atoms with Gasteiger partial charge in [0.25, 0.3) is 0 Å². The SMILES string of the molecule is CC(=O)OC[C@H]1O[C@@H](OCc2cn(CC(=O)N3CCN(c4ccccc4)CC3)nn2)[C@H](OC(C)=O)[C@@H](OC(C)=O)[C@H]1OC(C)=O. The number of benzene rings is 1. The van der Waals surface area contributed by atoms with E-state index in [-0.39, 0.29) is 25.7 Å². The molecule has 0 unspecified atom stereocenters. The van der Waals surface area contributed by atoms with Crippen molar-refractivity contribution in [2.75, 3.05) is 37.7 Å². The van der Waals surface area contributed by atoms with Gasteiger partial charge in [-0.05, 0) is 12.1 Å². The van der Waals surface area contributed by atoms with E-state index in [0.29, 0.717) is 31.9 Å². The molecule has 0 aliphatic carbocycles. The Hall–Kier alpha value is -4.57. The number of hydrogen-bond donors (Lipinski definition) is 0. The molecule has 244 valence electrons. The molecule has 16 heteroatoms. The van der Waals surface area contributed by atoms with Gasteiger partial charge in [-0.25, -0.2) is 4.68 Å². The molecule has 0 radical (unpaired) electrons. The number of piperazine rings is 1. The van der Waals surface area contributed by atoms with E-state index in [1.54, 1.807) is 4.90 Å². The number of esters is 4. The molecule has 2 aromatic rings. The van der Waals surface area contributed by atoms with E-state index in [1.165, 1.54) is 17.8 Å². The molecule has 16 nitrogen and oxygen atoms in total. The highest BCUT2D eigenvalue weighted by atomic mass is 16.7. The van der Waals surface area contributed by atoms with Gasteiger partial charge in [-0.1, -0.05) is 23.4 Å². The summed E-state index contributed by atoms with van der Waals surface area (Å²) < 4.78 is 34.4. The monoisotopic (exact) mass is 631 g/mol. The summed E-state index contributed by atoms with van der Waals surface area (Å²) in [6.45, 7) is 6.53. The molecule has 45 heavy (non-hydrogen) atoms. The lowest BCUT2D eigenvalue weighted by atomic mass is 9.98. The predicted molar refractivity (Wildman–Crippen MR) is 152 cm³/mol. The first-order chi connectivity index (χ1) is 21.5. The van der Waals surface area contributed by atoms with E-state index in [1.807, 2.05) is 30.3 Å². The Bertz CT molecular complexity index is 1350. The van der Waals surface area contributed by atoms with Crippen molar-refractivity contribution in [3.8, 4) is 0 Å². The maximum atomic E-state index is 13.0. The van der Waals surface area contributed by atoms with Crippen molar-refractivity contribution in [1.29, 1.82) is 0 Å². The first-order valence-corrected chi connectivity index (χ1v) is 14.4. The van der Waals surface area contributed by atoms with Crippen LogP contribution in [0.25, 0.3) is 0 Å². The average molecular weight is 632 g/mol. The number of aromatic nitrogens is 3. The third kappa shape index (κ3) is 9.46. The van der Waals surface area contributed by atoms with Gasteiger partial charge in [0.15, 0.2) is 24.6 Å². The Morgan fingerprint density at radius 2 is 1.44 bits per heavy atom. The maximum Gasteiger partial charge on any atom is 0.303 e. The van der Waals surface area contributed by atoms with Crippen LogP contribution >= 0.6 is 0 Å². The molecular formula is C29H37N5O11. The zero-order valence-electron chi connectivity index (χ0n) is 25.5. The summed E-state index contributed by atoms with van der Waals surface area (Å²) in [7, 11) is 0. The molecule has 2 aliphatic heterocycles. The van der Waals surface area contributed by atoms with E-state index in [9.17, 15) is 24.0 Å². The highest BCUT2D eigenvalue weighted by molar-refractivity contribution is 5.76. The van der Waals surface area contributed by atoms with Crippen LogP contribution in [-0.2, 0) is 65.5 Å². The highest BCUT2D eigenvalue weighted by Gasteiger charge is 2.52. The van der Waals surface area contributed by atoms with E-state index in [4.69, 9.17) is 28.4 Å². The van der Waals surface area contributed by atoms with Crippen molar-refractivity contribution in [3.05, 3.63) is 42.2 Å². The van der Waals surface area contributed by atoms with E-state index < -0.39 is 54.6 Å². The molecule has 2 saturated heterocycles. The second-order valence-electron chi connectivity index (χ2n) is 10.5. The number of nitrogens with zero attached hydrogens (tertiary/aromatic N) is 5. The van der Waals surface area contributed by atoms with Crippen molar-refractivity contribution in [2.24, 2.45) is 0 Å². The quantitative estimate of drug-likeness (QED) is 0.243. The number of carbonyl (C=O) groups is 5. The summed E-state index contributed by atoms with van der Waals surface area (Å²) >= 11 is 0. The smallest absolute Gasteiger partial charge is 0.303 e. The van der Waals surface area contributed by atoms with Crippen LogP contribution in [0.4, 0.5) is 5.69 Å². The predicted octanol–water partition coefficient (Wildman–Crippen LogP) is 0.227. The number of carbonyl (C=O) groups excluding carboxylic acids is 5. The molecule has 2 fully saturated rings. The molecular weight excluding hydrogens is 594 g/mol. The first kappa shape index (κ1) is 33.3. The zero-order chi connectivity index (χ0) is 32.5. The number of amides is 1. The average Bonchev–Trinajstić information content (AvgIpc) is 3.44. The fourth-order valence-corrected chi connectivity index (χ4v) is 5.06. The van der Waals surface area contributed by atoms with Crippen LogP contribution in [0.1, 0.15) is 33.4 Å². The molecule has 0 N–H and O–H groups in total. The lowest BCUT2D eigenvalue weighted by Gasteiger charge is -2.43. The van der Waals surface area contributed by atoms with Crippen LogP contribution in [0, 0.1) is 0 Å². The highest BCUT2D eigenvalue weighted by Crippen LogP contribution is 2.30. The Morgan fingerprint density at radius 1 is 0.822 bits per heavy atom. The third-order valence-electron chi connectivity index (χ3n) is 6.98. The molecule has 1 amide bonds. The zero-order valence-corrected chi connectivity index (χ0v) is 25.5. The minimum absolute atomic E-state index is 0.0304. The van der Waals surface area contributed by atoms with Crippen molar-refractivity contribution in [2.45, 2.75) is 71.6 Å². The Kier molecular flexibility index (Phi) is 11.4. The molecule has 0 bridgehead atoms. The van der Waals surface area contributed by atoms with Crippen molar-refractivity contribution < 1.29 is 52.4 Å². The van der Waals surface area contributed by atoms with Gasteiger partial charge >= 0.3 is 23.9 Å². The summed E-state index contributed by atoms with van der Waals surface area (Å²) in [4.78, 5) is 64.3. The molecule has 1 aromatic heterocycles. The molecule has 4 rings (SSSR count). The second kappa shape index (κ2) is 15.4. The topological polar surface area (TPSA) is 178 Å². The molecule has 2 aliphatic rings. The normalized spacial score (nSPS) is 23.2. The lowest BCUT2D eigenvalue weighted by Crippen LogP contribution is -2.62. The number of rotatable bonds is 11. The van der Waals surface area contributed by atoms with Gasteiger partial charge in [-0.15, -0.1) is 5.10 Å². The van der Waals surface area contributed by atoms with Gasteiger partial charge in [0.1, 0.15) is 24.9 Å². The van der Waals surface area contributed by atoms with Crippen LogP contribution in [0.2, 0.25) is 0 Å².